The van der Waals surface area contributed by atoms with E-state index in [4.69, 9.17) is 9.15 Å². The van der Waals surface area contributed by atoms with Gasteiger partial charge in [0.25, 0.3) is 0 Å². The standard InChI is InChI=1S/C21H20O9/c22-8-14-17(26)18(27)19(28)21(30-14)15-16(25)10-3-1-2-4-13(10)29-20(15)9-5-6-11(23)12(24)7-9/h1-7,14,17-19,21-24,26-28H,8H2/t14-,17-,18+,19-,21?/m1/s1. The van der Waals surface area contributed by atoms with Crippen LogP contribution in [0.4, 0.5) is 0 Å². The maximum atomic E-state index is 13.3. The smallest absolute Gasteiger partial charge is 0.199 e. The topological polar surface area (TPSA) is 161 Å². The lowest BCUT2D eigenvalue weighted by Crippen LogP contribution is -2.55. The molecule has 5 atom stereocenters. The van der Waals surface area contributed by atoms with Crippen molar-refractivity contribution >= 4 is 11.0 Å². The first kappa shape index (κ1) is 20.3. The van der Waals surface area contributed by atoms with Gasteiger partial charge in [-0.2, -0.15) is 0 Å². The van der Waals surface area contributed by atoms with Gasteiger partial charge in [-0.25, -0.2) is 0 Å². The van der Waals surface area contributed by atoms with Crippen LogP contribution in [-0.2, 0) is 4.74 Å². The fourth-order valence-electron chi connectivity index (χ4n) is 3.63. The van der Waals surface area contributed by atoms with Crippen LogP contribution in [0.5, 0.6) is 11.5 Å². The number of hydrogen-bond acceptors (Lipinski definition) is 9. The predicted octanol–water partition coefficient (Wildman–Crippen LogP) is 0.386. The molecule has 4 rings (SSSR count). The summed E-state index contributed by atoms with van der Waals surface area (Å²) in [5.41, 5.74) is -0.266. The summed E-state index contributed by atoms with van der Waals surface area (Å²) in [7, 11) is 0. The van der Waals surface area contributed by atoms with Crippen LogP contribution in [0.15, 0.2) is 51.7 Å². The highest BCUT2D eigenvalue weighted by Gasteiger charge is 2.46. The number of hydrogen-bond donors (Lipinski definition) is 6. The summed E-state index contributed by atoms with van der Waals surface area (Å²) < 4.78 is 11.5. The Morgan fingerprint density at radius 1 is 0.900 bits per heavy atom. The number of aliphatic hydroxyl groups excluding tert-OH is 4. The lowest BCUT2D eigenvalue weighted by atomic mass is 9.89. The van der Waals surface area contributed by atoms with E-state index >= 15 is 0 Å². The van der Waals surface area contributed by atoms with Gasteiger partial charge in [-0.1, -0.05) is 12.1 Å². The molecule has 0 aliphatic carbocycles. The van der Waals surface area contributed by atoms with Crippen LogP contribution in [-0.4, -0.2) is 61.7 Å². The van der Waals surface area contributed by atoms with Crippen LogP contribution in [0.3, 0.4) is 0 Å². The van der Waals surface area contributed by atoms with E-state index in [1.165, 1.54) is 24.3 Å². The number of phenolic OH excluding ortho intramolecular Hbond substituents is 2. The average molecular weight is 416 g/mol. The van der Waals surface area contributed by atoms with Crippen molar-refractivity contribution in [3.8, 4) is 22.8 Å². The Bertz CT molecular complexity index is 1140. The molecule has 3 aromatic rings. The summed E-state index contributed by atoms with van der Waals surface area (Å²) in [4.78, 5) is 13.3. The van der Waals surface area contributed by atoms with Crippen LogP contribution >= 0.6 is 0 Å². The van der Waals surface area contributed by atoms with Gasteiger partial charge in [-0.3, -0.25) is 4.79 Å². The van der Waals surface area contributed by atoms with E-state index in [0.29, 0.717) is 0 Å². The molecule has 6 N–H and O–H groups in total. The summed E-state index contributed by atoms with van der Waals surface area (Å²) in [5, 5.41) is 60.0. The molecule has 0 bridgehead atoms. The maximum Gasteiger partial charge on any atom is 0.199 e. The van der Waals surface area contributed by atoms with E-state index in [0.717, 1.165) is 0 Å². The van der Waals surface area contributed by atoms with E-state index in [1.807, 2.05) is 0 Å². The van der Waals surface area contributed by atoms with Gasteiger partial charge in [0, 0.05) is 5.56 Å². The molecule has 0 saturated carbocycles. The fourth-order valence-corrected chi connectivity index (χ4v) is 3.63. The Kier molecular flexibility index (Phi) is 5.22. The predicted molar refractivity (Wildman–Crippen MR) is 104 cm³/mol. The van der Waals surface area contributed by atoms with Crippen LogP contribution in [0.25, 0.3) is 22.3 Å². The number of ether oxygens (including phenoxy) is 1. The van der Waals surface area contributed by atoms with Crippen molar-refractivity contribution in [2.24, 2.45) is 0 Å². The van der Waals surface area contributed by atoms with Crippen molar-refractivity contribution in [2.45, 2.75) is 30.5 Å². The lowest BCUT2D eigenvalue weighted by molar-refractivity contribution is -0.232. The molecule has 1 aliphatic heterocycles. The van der Waals surface area contributed by atoms with Crippen LogP contribution in [0.2, 0.25) is 0 Å². The highest BCUT2D eigenvalue weighted by atomic mass is 16.5. The van der Waals surface area contributed by atoms with Gasteiger partial charge in [0.1, 0.15) is 41.9 Å². The molecule has 158 valence electrons. The molecule has 1 aromatic heterocycles. The minimum Gasteiger partial charge on any atom is -0.504 e. The van der Waals surface area contributed by atoms with E-state index in [-0.39, 0.29) is 33.6 Å². The first-order valence-corrected chi connectivity index (χ1v) is 9.22. The molecule has 1 unspecified atom stereocenters. The molecule has 0 spiro atoms. The van der Waals surface area contributed by atoms with Gasteiger partial charge in [0.15, 0.2) is 16.9 Å². The van der Waals surface area contributed by atoms with E-state index < -0.39 is 48.3 Å². The Balaban J connectivity index is 1.99. The summed E-state index contributed by atoms with van der Waals surface area (Å²) in [6.07, 6.45) is -7.63. The number of benzene rings is 2. The zero-order chi connectivity index (χ0) is 21.6. The third-order valence-electron chi connectivity index (χ3n) is 5.25. The Labute approximate surface area is 169 Å². The van der Waals surface area contributed by atoms with Gasteiger partial charge in [0.05, 0.1) is 17.6 Å². The summed E-state index contributed by atoms with van der Waals surface area (Å²) in [5.74, 6) is -0.891. The number of aliphatic hydroxyl groups is 4. The van der Waals surface area contributed by atoms with Crippen LogP contribution in [0.1, 0.15) is 11.7 Å². The second kappa shape index (κ2) is 7.71. The minimum absolute atomic E-state index is 0.0571. The maximum absolute atomic E-state index is 13.3. The molecule has 0 radical (unpaired) electrons. The van der Waals surface area contributed by atoms with Crippen LogP contribution in [0, 0.1) is 0 Å². The number of phenols is 2. The SMILES string of the molecule is O=c1c(C2O[C@H](CO)[C@@H](O)[C@H](O)[C@H]2O)c(-c2ccc(O)c(O)c2)oc2ccccc12. The van der Waals surface area contributed by atoms with Gasteiger partial charge in [0.2, 0.25) is 0 Å². The highest BCUT2D eigenvalue weighted by Crippen LogP contribution is 2.39. The molecule has 2 aromatic carbocycles. The summed E-state index contributed by atoms with van der Waals surface area (Å²) >= 11 is 0. The first-order valence-electron chi connectivity index (χ1n) is 9.22. The Morgan fingerprint density at radius 3 is 2.33 bits per heavy atom. The van der Waals surface area contributed by atoms with Gasteiger partial charge in [-0.15, -0.1) is 0 Å². The van der Waals surface area contributed by atoms with Crippen molar-refractivity contribution in [3.05, 3.63) is 58.3 Å². The van der Waals surface area contributed by atoms with E-state index in [1.54, 1.807) is 18.2 Å². The fraction of sp³-hybridized carbons (Fsp3) is 0.286. The van der Waals surface area contributed by atoms with E-state index in [9.17, 15) is 35.4 Å². The third-order valence-corrected chi connectivity index (χ3v) is 5.25. The molecule has 1 aliphatic rings. The van der Waals surface area contributed by atoms with Crippen molar-refractivity contribution in [3.63, 3.8) is 0 Å². The van der Waals surface area contributed by atoms with Crippen LogP contribution < -0.4 is 5.43 Å². The molecule has 0 amide bonds. The largest absolute Gasteiger partial charge is 0.504 e. The Hall–Kier alpha value is -2.95. The summed E-state index contributed by atoms with van der Waals surface area (Å²) in [6, 6.07) is 10.2. The second-order valence-electron chi connectivity index (χ2n) is 7.12. The van der Waals surface area contributed by atoms with Crippen molar-refractivity contribution in [1.29, 1.82) is 0 Å². The first-order chi connectivity index (χ1) is 14.3. The average Bonchev–Trinajstić information content (AvgIpc) is 2.75. The van der Waals surface area contributed by atoms with Gasteiger partial charge < -0.3 is 39.8 Å². The van der Waals surface area contributed by atoms with E-state index in [2.05, 4.69) is 0 Å². The quantitative estimate of drug-likeness (QED) is 0.332. The second-order valence-corrected chi connectivity index (χ2v) is 7.12. The lowest BCUT2D eigenvalue weighted by Gasteiger charge is -2.40. The molecular weight excluding hydrogens is 396 g/mol. The normalized spacial score (nSPS) is 26.7. The molecule has 2 heterocycles. The number of aromatic hydroxyl groups is 2. The number of fused-ring (bicyclic) bond motifs is 1. The molecule has 1 fully saturated rings. The number of para-hydroxylation sites is 1. The summed E-state index contributed by atoms with van der Waals surface area (Å²) in [6.45, 7) is -0.657. The van der Waals surface area contributed by atoms with Crippen molar-refractivity contribution in [1.82, 2.24) is 0 Å². The molecular formula is C21H20O9. The molecule has 30 heavy (non-hydrogen) atoms. The van der Waals surface area contributed by atoms with Gasteiger partial charge >= 0.3 is 0 Å². The molecule has 9 nitrogen and oxygen atoms in total. The zero-order valence-corrected chi connectivity index (χ0v) is 15.5. The molecule has 9 heteroatoms. The Morgan fingerprint density at radius 2 is 1.63 bits per heavy atom. The zero-order valence-electron chi connectivity index (χ0n) is 15.5. The number of rotatable bonds is 3. The van der Waals surface area contributed by atoms with Gasteiger partial charge in [-0.05, 0) is 30.3 Å². The van der Waals surface area contributed by atoms with Crippen molar-refractivity contribution in [2.75, 3.05) is 6.61 Å². The highest BCUT2D eigenvalue weighted by molar-refractivity contribution is 5.81. The molecule has 1 saturated heterocycles. The monoisotopic (exact) mass is 416 g/mol. The van der Waals surface area contributed by atoms with Crippen molar-refractivity contribution < 1.29 is 39.8 Å². The third kappa shape index (κ3) is 3.22. The minimum atomic E-state index is -1.70.